The zero-order valence-electron chi connectivity index (χ0n) is 9.21. The Bertz CT molecular complexity index is 370. The van der Waals surface area contributed by atoms with Crippen molar-refractivity contribution in [1.29, 1.82) is 0 Å². The molecule has 0 amide bonds. The van der Waals surface area contributed by atoms with Crippen molar-refractivity contribution in [2.24, 2.45) is 0 Å². The normalized spacial score (nSPS) is 11.5. The van der Waals surface area contributed by atoms with Gasteiger partial charge in [0.15, 0.2) is 0 Å². The third-order valence-corrected chi connectivity index (χ3v) is 2.53. The number of hydrogen-bond donors (Lipinski definition) is 2. The first-order chi connectivity index (χ1) is 7.93. The summed E-state index contributed by atoms with van der Waals surface area (Å²) in [7, 11) is 0. The van der Waals surface area contributed by atoms with Crippen LogP contribution in [0.2, 0.25) is 0 Å². The van der Waals surface area contributed by atoms with E-state index in [1.54, 1.807) is 11.8 Å². The zero-order chi connectivity index (χ0) is 12.9. The molecular weight excluding hydrogens is 253 g/mol. The number of aromatic nitrogens is 2. The van der Waals surface area contributed by atoms with E-state index >= 15 is 0 Å². The number of nitrogen functional groups attached to an aromatic ring is 1. The number of anilines is 2. The smallest absolute Gasteiger partial charge is 0.384 e. The molecule has 0 aliphatic carbocycles. The summed E-state index contributed by atoms with van der Waals surface area (Å²) in [5.41, 5.74) is 5.29. The van der Waals surface area contributed by atoms with Crippen LogP contribution in [0.4, 0.5) is 24.8 Å². The first-order valence-corrected chi connectivity index (χ1v) is 6.27. The van der Waals surface area contributed by atoms with Crippen molar-refractivity contribution in [2.75, 3.05) is 29.6 Å². The van der Waals surface area contributed by atoms with Gasteiger partial charge in [0.2, 0.25) is 5.82 Å². The highest BCUT2D eigenvalue weighted by molar-refractivity contribution is 7.98. The summed E-state index contributed by atoms with van der Waals surface area (Å²) in [6.07, 6.45) is -1.78. The first-order valence-electron chi connectivity index (χ1n) is 4.88. The van der Waals surface area contributed by atoms with Crippen LogP contribution in [0.3, 0.4) is 0 Å². The van der Waals surface area contributed by atoms with Crippen LogP contribution >= 0.6 is 11.8 Å². The maximum atomic E-state index is 12.4. The monoisotopic (exact) mass is 266 g/mol. The molecule has 8 heteroatoms. The molecule has 96 valence electrons. The molecule has 0 aliphatic rings. The van der Waals surface area contributed by atoms with Crippen molar-refractivity contribution in [3.63, 3.8) is 0 Å². The van der Waals surface area contributed by atoms with E-state index in [0.29, 0.717) is 6.54 Å². The van der Waals surface area contributed by atoms with E-state index < -0.39 is 12.0 Å². The van der Waals surface area contributed by atoms with Gasteiger partial charge in [-0.3, -0.25) is 0 Å². The second-order valence-corrected chi connectivity index (χ2v) is 4.26. The summed E-state index contributed by atoms with van der Waals surface area (Å²) in [4.78, 5) is 6.52. The summed E-state index contributed by atoms with van der Waals surface area (Å²) < 4.78 is 37.1. The van der Waals surface area contributed by atoms with E-state index in [0.717, 1.165) is 12.2 Å². The molecule has 4 nitrogen and oxygen atoms in total. The molecule has 0 aromatic carbocycles. The Kier molecular flexibility index (Phi) is 4.86. The van der Waals surface area contributed by atoms with E-state index in [1.165, 1.54) is 6.07 Å². The van der Waals surface area contributed by atoms with Crippen LogP contribution in [-0.2, 0) is 6.18 Å². The molecule has 0 bridgehead atoms. The molecule has 0 aliphatic heterocycles. The van der Waals surface area contributed by atoms with Crippen LogP contribution in [0.5, 0.6) is 0 Å². The average Bonchev–Trinajstić information content (AvgIpc) is 2.22. The number of nitrogens with one attached hydrogen (secondary N) is 1. The summed E-state index contributed by atoms with van der Waals surface area (Å²) in [6.45, 7) is 0.550. The largest absolute Gasteiger partial charge is 0.451 e. The highest BCUT2D eigenvalue weighted by Crippen LogP contribution is 2.27. The van der Waals surface area contributed by atoms with E-state index in [-0.39, 0.29) is 11.6 Å². The molecule has 0 spiro atoms. The lowest BCUT2D eigenvalue weighted by atomic mass is 10.4. The molecule has 1 rings (SSSR count). The van der Waals surface area contributed by atoms with Crippen molar-refractivity contribution in [2.45, 2.75) is 12.6 Å². The number of thioether (sulfide) groups is 1. The molecule has 0 saturated carbocycles. The minimum Gasteiger partial charge on any atom is -0.384 e. The molecule has 0 fully saturated rings. The fraction of sp³-hybridized carbons (Fsp3) is 0.556. The van der Waals surface area contributed by atoms with Crippen molar-refractivity contribution < 1.29 is 13.2 Å². The lowest BCUT2D eigenvalue weighted by molar-refractivity contribution is -0.144. The van der Waals surface area contributed by atoms with Crippen molar-refractivity contribution in [1.82, 2.24) is 9.97 Å². The molecule has 1 heterocycles. The Morgan fingerprint density at radius 1 is 1.41 bits per heavy atom. The number of nitrogens with two attached hydrogens (primary N) is 1. The van der Waals surface area contributed by atoms with Gasteiger partial charge in [-0.15, -0.1) is 0 Å². The Hall–Kier alpha value is -1.18. The second kappa shape index (κ2) is 5.95. The van der Waals surface area contributed by atoms with Gasteiger partial charge in [-0.2, -0.15) is 24.9 Å². The molecule has 1 aromatic heterocycles. The van der Waals surface area contributed by atoms with Crippen molar-refractivity contribution >= 4 is 23.4 Å². The van der Waals surface area contributed by atoms with E-state index in [9.17, 15) is 13.2 Å². The summed E-state index contributed by atoms with van der Waals surface area (Å²) in [6, 6.07) is 1.29. The van der Waals surface area contributed by atoms with Gasteiger partial charge in [0, 0.05) is 12.6 Å². The standard InChI is InChI=1S/C9H13F3N4S/c1-17-4-2-3-14-7-5-6(13)15-8(16-7)9(10,11)12/h5H,2-4H2,1H3,(H3,13,14,15,16). The van der Waals surface area contributed by atoms with Gasteiger partial charge >= 0.3 is 6.18 Å². The van der Waals surface area contributed by atoms with Crippen LogP contribution in [0.1, 0.15) is 12.2 Å². The minimum atomic E-state index is -4.58. The Labute approximate surface area is 101 Å². The van der Waals surface area contributed by atoms with E-state index in [4.69, 9.17) is 5.73 Å². The highest BCUT2D eigenvalue weighted by atomic mass is 32.2. The van der Waals surface area contributed by atoms with Crippen LogP contribution in [0.15, 0.2) is 6.07 Å². The maximum Gasteiger partial charge on any atom is 0.451 e. The summed E-state index contributed by atoms with van der Waals surface area (Å²) in [5, 5.41) is 2.79. The van der Waals surface area contributed by atoms with Gasteiger partial charge < -0.3 is 11.1 Å². The average molecular weight is 266 g/mol. The molecule has 1 aromatic rings. The van der Waals surface area contributed by atoms with Gasteiger partial charge in [0.1, 0.15) is 11.6 Å². The van der Waals surface area contributed by atoms with Crippen LogP contribution < -0.4 is 11.1 Å². The topological polar surface area (TPSA) is 63.8 Å². The fourth-order valence-electron chi connectivity index (χ4n) is 1.12. The van der Waals surface area contributed by atoms with E-state index in [2.05, 4.69) is 15.3 Å². The number of alkyl halides is 3. The van der Waals surface area contributed by atoms with Gasteiger partial charge in [-0.25, -0.2) is 9.97 Å². The fourth-order valence-corrected chi connectivity index (χ4v) is 1.55. The van der Waals surface area contributed by atoms with Gasteiger partial charge in [0.05, 0.1) is 0 Å². The molecule has 0 unspecified atom stereocenters. The van der Waals surface area contributed by atoms with Gasteiger partial charge in [-0.05, 0) is 18.4 Å². The summed E-state index contributed by atoms with van der Waals surface area (Å²) in [5.74, 6) is -0.379. The number of nitrogens with zero attached hydrogens (tertiary/aromatic N) is 2. The molecule has 3 N–H and O–H groups in total. The maximum absolute atomic E-state index is 12.4. The lowest BCUT2D eigenvalue weighted by Crippen LogP contribution is -2.15. The van der Waals surface area contributed by atoms with Gasteiger partial charge in [0.25, 0.3) is 0 Å². The minimum absolute atomic E-state index is 0.103. The second-order valence-electron chi connectivity index (χ2n) is 3.27. The summed E-state index contributed by atoms with van der Waals surface area (Å²) >= 11 is 1.67. The zero-order valence-corrected chi connectivity index (χ0v) is 10.0. The SMILES string of the molecule is CSCCCNc1cc(N)nc(C(F)(F)F)n1. The van der Waals surface area contributed by atoms with E-state index in [1.807, 2.05) is 6.26 Å². The first kappa shape index (κ1) is 13.9. The van der Waals surface area contributed by atoms with Gasteiger partial charge in [-0.1, -0.05) is 0 Å². The van der Waals surface area contributed by atoms with Crippen LogP contribution in [0.25, 0.3) is 0 Å². The number of rotatable bonds is 5. The molecule has 0 atom stereocenters. The Morgan fingerprint density at radius 3 is 2.71 bits per heavy atom. The predicted octanol–water partition coefficient (Wildman–Crippen LogP) is 2.24. The van der Waals surface area contributed by atoms with Crippen molar-refractivity contribution in [3.05, 3.63) is 11.9 Å². The van der Waals surface area contributed by atoms with Crippen molar-refractivity contribution in [3.8, 4) is 0 Å². The molecule has 0 saturated heterocycles. The number of halogens is 3. The lowest BCUT2D eigenvalue weighted by Gasteiger charge is -2.09. The third-order valence-electron chi connectivity index (χ3n) is 1.83. The highest BCUT2D eigenvalue weighted by Gasteiger charge is 2.35. The Balaban J connectivity index is 2.69. The van der Waals surface area contributed by atoms with Crippen LogP contribution in [0, 0.1) is 0 Å². The van der Waals surface area contributed by atoms with Crippen LogP contribution in [-0.4, -0.2) is 28.5 Å². The molecule has 17 heavy (non-hydrogen) atoms. The molecular formula is C9H13F3N4S. The third kappa shape index (κ3) is 4.68. The number of hydrogen-bond acceptors (Lipinski definition) is 5. The molecule has 0 radical (unpaired) electrons. The Morgan fingerprint density at radius 2 is 2.12 bits per heavy atom. The quantitative estimate of drug-likeness (QED) is 0.800. The predicted molar refractivity (Wildman–Crippen MR) is 62.9 cm³/mol.